The lowest BCUT2D eigenvalue weighted by Gasteiger charge is -2.22. The van der Waals surface area contributed by atoms with Crippen LogP contribution in [0.2, 0.25) is 0 Å². The van der Waals surface area contributed by atoms with Crippen molar-refractivity contribution in [3.05, 3.63) is 0 Å². The summed E-state index contributed by atoms with van der Waals surface area (Å²) >= 11 is 0. The zero-order valence-electron chi connectivity index (χ0n) is 9.21. The van der Waals surface area contributed by atoms with Crippen molar-refractivity contribution in [3.8, 4) is 0 Å². The van der Waals surface area contributed by atoms with E-state index in [0.29, 0.717) is 6.54 Å². The molecule has 0 spiro atoms. The Kier molecular flexibility index (Phi) is 5.71. The molecule has 0 aliphatic carbocycles. The maximum absolute atomic E-state index is 11.6. The van der Waals surface area contributed by atoms with Gasteiger partial charge < -0.3 is 10.6 Å². The minimum atomic E-state index is 0.0581. The van der Waals surface area contributed by atoms with Crippen LogP contribution in [0.5, 0.6) is 0 Å². The summed E-state index contributed by atoms with van der Waals surface area (Å²) in [5, 5.41) is 0. The molecule has 0 aliphatic heterocycles. The van der Waals surface area contributed by atoms with Gasteiger partial charge in [-0.3, -0.25) is 4.79 Å². The van der Waals surface area contributed by atoms with Crippen molar-refractivity contribution in [3.63, 3.8) is 0 Å². The molecule has 0 saturated heterocycles. The molecule has 2 N–H and O–H groups in total. The van der Waals surface area contributed by atoms with Gasteiger partial charge in [-0.2, -0.15) is 0 Å². The van der Waals surface area contributed by atoms with Crippen LogP contribution in [0.3, 0.4) is 0 Å². The molecule has 0 rings (SSSR count). The van der Waals surface area contributed by atoms with Crippen LogP contribution in [0.25, 0.3) is 0 Å². The molecule has 2 unspecified atom stereocenters. The van der Waals surface area contributed by atoms with Crippen molar-refractivity contribution < 1.29 is 4.79 Å². The molecule has 0 heterocycles. The maximum atomic E-state index is 11.6. The largest absolute Gasteiger partial charge is 0.344 e. The summed E-state index contributed by atoms with van der Waals surface area (Å²) in [4.78, 5) is 13.4. The van der Waals surface area contributed by atoms with Crippen LogP contribution in [0.15, 0.2) is 0 Å². The first-order chi connectivity index (χ1) is 5.99. The fourth-order valence-corrected chi connectivity index (χ4v) is 1.45. The fourth-order valence-electron chi connectivity index (χ4n) is 1.45. The minimum absolute atomic E-state index is 0.0581. The zero-order chi connectivity index (χ0) is 10.4. The van der Waals surface area contributed by atoms with Gasteiger partial charge in [-0.05, 0) is 13.3 Å². The predicted molar refractivity (Wildman–Crippen MR) is 55.4 cm³/mol. The molecular weight excluding hydrogens is 164 g/mol. The summed E-state index contributed by atoms with van der Waals surface area (Å²) in [6.45, 7) is 6.63. The molecular formula is C10H22N2O. The smallest absolute Gasteiger partial charge is 0.225 e. The summed E-state index contributed by atoms with van der Waals surface area (Å²) in [6, 6.07) is 0.0581. The van der Waals surface area contributed by atoms with E-state index in [9.17, 15) is 4.79 Å². The van der Waals surface area contributed by atoms with E-state index in [1.54, 1.807) is 4.90 Å². The number of hydrogen-bond acceptors (Lipinski definition) is 2. The van der Waals surface area contributed by atoms with Gasteiger partial charge in [0, 0.05) is 25.6 Å². The first kappa shape index (κ1) is 12.4. The van der Waals surface area contributed by atoms with Crippen molar-refractivity contribution in [2.75, 3.05) is 13.6 Å². The zero-order valence-corrected chi connectivity index (χ0v) is 9.21. The maximum Gasteiger partial charge on any atom is 0.225 e. The minimum Gasteiger partial charge on any atom is -0.344 e. The number of carbonyl (C=O) groups is 1. The molecule has 13 heavy (non-hydrogen) atoms. The molecule has 2 atom stereocenters. The van der Waals surface area contributed by atoms with Gasteiger partial charge in [0.2, 0.25) is 5.91 Å². The molecule has 1 amide bonds. The Balaban J connectivity index is 3.94. The monoisotopic (exact) mass is 186 g/mol. The molecule has 0 saturated carbocycles. The van der Waals surface area contributed by atoms with Crippen LogP contribution in [0.1, 0.15) is 33.6 Å². The summed E-state index contributed by atoms with van der Waals surface area (Å²) in [7, 11) is 1.82. The number of carbonyl (C=O) groups excluding carboxylic acids is 1. The van der Waals surface area contributed by atoms with Gasteiger partial charge >= 0.3 is 0 Å². The number of hydrogen-bond donors (Lipinski definition) is 1. The molecule has 0 fully saturated rings. The van der Waals surface area contributed by atoms with Crippen LogP contribution in [0.4, 0.5) is 0 Å². The van der Waals surface area contributed by atoms with Crippen molar-refractivity contribution in [1.29, 1.82) is 0 Å². The van der Waals surface area contributed by atoms with Crippen molar-refractivity contribution in [2.45, 2.75) is 39.7 Å². The third kappa shape index (κ3) is 4.88. The second kappa shape index (κ2) is 5.97. The normalized spacial score (nSPS) is 15.2. The highest BCUT2D eigenvalue weighted by molar-refractivity contribution is 5.78. The number of nitrogens with zero attached hydrogens (tertiary/aromatic N) is 1. The van der Waals surface area contributed by atoms with E-state index in [1.807, 2.05) is 20.9 Å². The standard InChI is InChI=1S/C10H22N2O/c1-5-6-8(2)10(13)12(4)7-9(3)11/h8-9H,5-7,11H2,1-4H3. The van der Waals surface area contributed by atoms with Gasteiger partial charge in [0.05, 0.1) is 0 Å². The molecule has 0 aromatic rings. The van der Waals surface area contributed by atoms with Crippen LogP contribution in [-0.4, -0.2) is 30.4 Å². The van der Waals surface area contributed by atoms with Crippen LogP contribution >= 0.6 is 0 Å². The number of likely N-dealkylation sites (N-methyl/N-ethyl adjacent to an activating group) is 1. The van der Waals surface area contributed by atoms with Gasteiger partial charge in [0.15, 0.2) is 0 Å². The number of nitrogens with two attached hydrogens (primary N) is 1. The fraction of sp³-hybridized carbons (Fsp3) is 0.900. The quantitative estimate of drug-likeness (QED) is 0.702. The van der Waals surface area contributed by atoms with Crippen molar-refractivity contribution >= 4 is 5.91 Å². The lowest BCUT2D eigenvalue weighted by atomic mass is 10.0. The van der Waals surface area contributed by atoms with Crippen molar-refractivity contribution in [1.82, 2.24) is 4.90 Å². The number of rotatable bonds is 5. The Hall–Kier alpha value is -0.570. The molecule has 0 aromatic carbocycles. The second-order valence-corrected chi connectivity index (χ2v) is 3.89. The second-order valence-electron chi connectivity index (χ2n) is 3.89. The number of amides is 1. The highest BCUT2D eigenvalue weighted by atomic mass is 16.2. The molecule has 3 nitrogen and oxygen atoms in total. The Bertz CT molecular complexity index is 157. The molecule has 78 valence electrons. The SMILES string of the molecule is CCCC(C)C(=O)N(C)CC(C)N. The van der Waals surface area contributed by atoms with Crippen molar-refractivity contribution in [2.24, 2.45) is 11.7 Å². The van der Waals surface area contributed by atoms with Crippen LogP contribution < -0.4 is 5.73 Å². The van der Waals surface area contributed by atoms with Gasteiger partial charge in [0.25, 0.3) is 0 Å². The van der Waals surface area contributed by atoms with E-state index < -0.39 is 0 Å². The molecule has 0 aliphatic rings. The predicted octanol–water partition coefficient (Wildman–Crippen LogP) is 1.23. The summed E-state index contributed by atoms with van der Waals surface area (Å²) in [5.41, 5.74) is 5.61. The van der Waals surface area contributed by atoms with Gasteiger partial charge in [-0.15, -0.1) is 0 Å². The lowest BCUT2D eigenvalue weighted by molar-refractivity contribution is -0.134. The summed E-state index contributed by atoms with van der Waals surface area (Å²) in [6.07, 6.45) is 2.01. The van der Waals surface area contributed by atoms with E-state index in [1.165, 1.54) is 0 Å². The summed E-state index contributed by atoms with van der Waals surface area (Å²) < 4.78 is 0. The van der Waals surface area contributed by atoms with E-state index >= 15 is 0 Å². The first-order valence-electron chi connectivity index (χ1n) is 4.99. The molecule has 3 heteroatoms. The Morgan fingerprint density at radius 3 is 2.38 bits per heavy atom. The third-order valence-corrected chi connectivity index (χ3v) is 2.08. The third-order valence-electron chi connectivity index (χ3n) is 2.08. The topological polar surface area (TPSA) is 46.3 Å². The Labute approximate surface area is 81.3 Å². The van der Waals surface area contributed by atoms with E-state index in [0.717, 1.165) is 12.8 Å². The lowest BCUT2D eigenvalue weighted by Crippen LogP contribution is -2.39. The van der Waals surface area contributed by atoms with Crippen LogP contribution in [0, 0.1) is 5.92 Å². The molecule has 0 bridgehead atoms. The highest BCUT2D eigenvalue weighted by Crippen LogP contribution is 2.08. The Morgan fingerprint density at radius 1 is 1.46 bits per heavy atom. The molecule has 0 aromatic heterocycles. The molecule has 0 radical (unpaired) electrons. The van der Waals surface area contributed by atoms with E-state index in [-0.39, 0.29) is 17.9 Å². The average Bonchev–Trinajstić information content (AvgIpc) is 2.02. The van der Waals surface area contributed by atoms with E-state index in [4.69, 9.17) is 5.73 Å². The first-order valence-corrected chi connectivity index (χ1v) is 4.99. The highest BCUT2D eigenvalue weighted by Gasteiger charge is 2.16. The average molecular weight is 186 g/mol. The van der Waals surface area contributed by atoms with Crippen LogP contribution in [-0.2, 0) is 4.79 Å². The van der Waals surface area contributed by atoms with Gasteiger partial charge in [-0.25, -0.2) is 0 Å². The summed E-state index contributed by atoms with van der Waals surface area (Å²) in [5.74, 6) is 0.341. The van der Waals surface area contributed by atoms with Gasteiger partial charge in [0.1, 0.15) is 0 Å². The Morgan fingerprint density at radius 2 is 2.00 bits per heavy atom. The van der Waals surface area contributed by atoms with E-state index in [2.05, 4.69) is 6.92 Å². The van der Waals surface area contributed by atoms with Gasteiger partial charge in [-0.1, -0.05) is 20.3 Å².